The van der Waals surface area contributed by atoms with Crippen molar-refractivity contribution in [3.05, 3.63) is 65.2 Å². The van der Waals surface area contributed by atoms with Crippen LogP contribution in [0.3, 0.4) is 0 Å². The molecule has 2 N–H and O–H groups in total. The summed E-state index contributed by atoms with van der Waals surface area (Å²) < 4.78 is 54.0. The maximum absolute atomic E-state index is 13.0. The van der Waals surface area contributed by atoms with Gasteiger partial charge >= 0.3 is 6.18 Å². The van der Waals surface area contributed by atoms with E-state index in [-0.39, 0.29) is 16.6 Å². The van der Waals surface area contributed by atoms with E-state index in [1.165, 1.54) is 30.2 Å². The van der Waals surface area contributed by atoms with Crippen molar-refractivity contribution in [3.8, 4) is 0 Å². The van der Waals surface area contributed by atoms with Crippen LogP contribution in [0.25, 0.3) is 0 Å². The van der Waals surface area contributed by atoms with Gasteiger partial charge in [-0.15, -0.1) is 0 Å². The molecule has 0 saturated heterocycles. The lowest BCUT2D eigenvalue weighted by Gasteiger charge is -2.11. The van der Waals surface area contributed by atoms with Crippen molar-refractivity contribution >= 4 is 45.9 Å². The molecule has 0 aliphatic carbocycles. The van der Waals surface area contributed by atoms with E-state index in [2.05, 4.69) is 25.0 Å². The molecule has 2 heterocycles. The summed E-state index contributed by atoms with van der Waals surface area (Å²) in [6.45, 7) is 2.23. The van der Waals surface area contributed by atoms with Crippen LogP contribution < -0.4 is 10.0 Å². The van der Waals surface area contributed by atoms with Crippen LogP contribution in [0.4, 0.5) is 18.9 Å². The Morgan fingerprint density at radius 1 is 1.16 bits per heavy atom. The Bertz CT molecular complexity index is 1150. The molecule has 0 aliphatic heterocycles. The lowest BCUT2D eigenvalue weighted by atomic mass is 10.2. The van der Waals surface area contributed by atoms with Gasteiger partial charge in [0.25, 0.3) is 5.91 Å². The number of pyridine rings is 1. The zero-order valence-electron chi connectivity index (χ0n) is 16.3. The molecule has 0 radical (unpaired) electrons. The van der Waals surface area contributed by atoms with Gasteiger partial charge in [-0.3, -0.25) is 9.52 Å². The van der Waals surface area contributed by atoms with Crippen molar-refractivity contribution < 1.29 is 22.2 Å². The molecule has 1 amide bonds. The first kappa shape index (κ1) is 24.0. The second-order valence-electron chi connectivity index (χ2n) is 6.08. The molecule has 13 heteroatoms. The van der Waals surface area contributed by atoms with Gasteiger partial charge in [-0.2, -0.15) is 13.2 Å². The number of nitrogens with zero attached hydrogens (tertiary/aromatic N) is 3. The van der Waals surface area contributed by atoms with E-state index < -0.39 is 27.7 Å². The molecule has 3 rings (SSSR count). The summed E-state index contributed by atoms with van der Waals surface area (Å²) in [5, 5.41) is 3.17. The van der Waals surface area contributed by atoms with Crippen LogP contribution >= 0.6 is 23.4 Å². The van der Waals surface area contributed by atoms with Crippen LogP contribution in [0.1, 0.15) is 23.1 Å². The number of hydrogen-bond acceptors (Lipinski definition) is 6. The number of alkyl halides is 3. The monoisotopic (exact) mass is 501 g/mol. The molecule has 0 bridgehead atoms. The van der Waals surface area contributed by atoms with Gasteiger partial charge in [-0.1, -0.05) is 11.6 Å². The molecule has 32 heavy (non-hydrogen) atoms. The predicted octanol–water partition coefficient (Wildman–Crippen LogP) is 4.58. The fourth-order valence-electron chi connectivity index (χ4n) is 2.36. The van der Waals surface area contributed by atoms with Gasteiger partial charge < -0.3 is 5.32 Å². The van der Waals surface area contributed by atoms with Gasteiger partial charge in [0.15, 0.2) is 0 Å². The second kappa shape index (κ2) is 10.3. The fourth-order valence-corrected chi connectivity index (χ4v) is 4.17. The third-order valence-electron chi connectivity index (χ3n) is 3.78. The Hall–Kier alpha value is -2.70. The number of benzene rings is 1. The number of carbonyl (C=O) groups is 1. The molecule has 1 unspecified atom stereocenters. The third kappa shape index (κ3) is 6.17. The first-order chi connectivity index (χ1) is 15.2. The van der Waals surface area contributed by atoms with Crippen LogP contribution in [0.2, 0.25) is 5.02 Å². The Morgan fingerprint density at radius 3 is 2.59 bits per heavy atom. The molecule has 1 atom stereocenters. The molecule has 1 aromatic carbocycles. The van der Waals surface area contributed by atoms with Crippen molar-refractivity contribution in [2.75, 3.05) is 11.3 Å². The summed E-state index contributed by atoms with van der Waals surface area (Å²) in [7, 11) is -1.96. The molecule has 0 aliphatic rings. The molecule has 7 nitrogen and oxygen atoms in total. The van der Waals surface area contributed by atoms with E-state index >= 15 is 0 Å². The van der Waals surface area contributed by atoms with E-state index in [9.17, 15) is 22.2 Å². The van der Waals surface area contributed by atoms with Crippen LogP contribution in [0.15, 0.2) is 63.7 Å². The van der Waals surface area contributed by atoms with E-state index in [1.54, 1.807) is 25.1 Å². The van der Waals surface area contributed by atoms with Gasteiger partial charge in [0.05, 0.1) is 27.4 Å². The highest BCUT2D eigenvalue weighted by atomic mass is 35.5. The number of anilines is 1. The number of halogens is 4. The SMILES string of the molecule is CCNC(=O)c1nccc(Sc2ccc(NS(=O)c3ccc(Cl)c(C(F)(F)F)c3)cn2)n1. The Labute approximate surface area is 192 Å². The van der Waals surface area contributed by atoms with Crippen LogP contribution in [0, 0.1) is 0 Å². The average molecular weight is 502 g/mol. The topological polar surface area (TPSA) is 96.9 Å². The Balaban J connectivity index is 1.68. The summed E-state index contributed by atoms with van der Waals surface area (Å²) in [6.07, 6.45) is -1.82. The maximum Gasteiger partial charge on any atom is 0.417 e. The molecule has 0 spiro atoms. The van der Waals surface area contributed by atoms with Gasteiger partial charge in [0.1, 0.15) is 21.0 Å². The Morgan fingerprint density at radius 2 is 1.94 bits per heavy atom. The minimum absolute atomic E-state index is 0.0340. The molecule has 2 aromatic heterocycles. The fraction of sp³-hybridized carbons (Fsp3) is 0.158. The molecular formula is C19H15ClF3N5O2S2. The summed E-state index contributed by atoms with van der Waals surface area (Å²) in [5.74, 6) is -0.354. The number of carbonyl (C=O) groups excluding carboxylic acids is 1. The van der Waals surface area contributed by atoms with Crippen LogP contribution in [-0.2, 0) is 17.2 Å². The van der Waals surface area contributed by atoms with E-state index in [0.717, 1.165) is 12.1 Å². The van der Waals surface area contributed by atoms with Crippen molar-refractivity contribution in [1.82, 2.24) is 20.3 Å². The lowest BCUT2D eigenvalue weighted by Crippen LogP contribution is -2.24. The first-order valence-corrected chi connectivity index (χ1v) is 11.3. The second-order valence-corrected chi connectivity index (χ2v) is 8.74. The summed E-state index contributed by atoms with van der Waals surface area (Å²) in [5.41, 5.74) is -0.726. The molecule has 3 aromatic rings. The smallest absolute Gasteiger partial charge is 0.350 e. The van der Waals surface area contributed by atoms with E-state index in [0.29, 0.717) is 22.3 Å². The van der Waals surface area contributed by atoms with E-state index in [4.69, 9.17) is 11.6 Å². The minimum atomic E-state index is -4.66. The number of hydrogen-bond donors (Lipinski definition) is 2. The van der Waals surface area contributed by atoms with E-state index in [1.807, 2.05) is 0 Å². The standard InChI is InChI=1S/C19H15ClF3N5O2S2/c1-2-24-18(29)17-25-8-7-16(27-17)31-15-6-3-11(10-26-15)28-32(30)12-4-5-14(20)13(9-12)19(21,22)23/h3-10,28H,2H2,1H3,(H,24,29). The number of rotatable bonds is 7. The highest BCUT2D eigenvalue weighted by Crippen LogP contribution is 2.35. The number of amides is 1. The molecular weight excluding hydrogens is 487 g/mol. The largest absolute Gasteiger partial charge is 0.417 e. The lowest BCUT2D eigenvalue weighted by molar-refractivity contribution is -0.137. The van der Waals surface area contributed by atoms with Gasteiger partial charge in [-0.25, -0.2) is 19.2 Å². The molecule has 0 fully saturated rings. The summed E-state index contributed by atoms with van der Waals surface area (Å²) >= 11 is 6.77. The van der Waals surface area contributed by atoms with Gasteiger partial charge in [0, 0.05) is 12.7 Å². The summed E-state index contributed by atoms with van der Waals surface area (Å²) in [6, 6.07) is 7.84. The minimum Gasteiger partial charge on any atom is -0.350 e. The van der Waals surface area contributed by atoms with Crippen LogP contribution in [-0.4, -0.2) is 31.6 Å². The van der Waals surface area contributed by atoms with Crippen molar-refractivity contribution in [2.24, 2.45) is 0 Å². The predicted molar refractivity (Wildman–Crippen MR) is 115 cm³/mol. The molecule has 168 valence electrons. The zero-order valence-corrected chi connectivity index (χ0v) is 18.7. The quantitative estimate of drug-likeness (QED) is 0.460. The van der Waals surface area contributed by atoms with Gasteiger partial charge in [0.2, 0.25) is 5.82 Å². The summed E-state index contributed by atoms with van der Waals surface area (Å²) in [4.78, 5) is 24.1. The van der Waals surface area contributed by atoms with Crippen molar-refractivity contribution in [2.45, 2.75) is 28.0 Å². The third-order valence-corrected chi connectivity index (χ3v) is 6.10. The zero-order chi connectivity index (χ0) is 23.3. The average Bonchev–Trinajstić information content (AvgIpc) is 2.75. The van der Waals surface area contributed by atoms with Crippen LogP contribution in [0.5, 0.6) is 0 Å². The number of nitrogens with one attached hydrogen (secondary N) is 2. The maximum atomic E-state index is 13.0. The van der Waals surface area contributed by atoms with Gasteiger partial charge in [-0.05, 0) is 55.1 Å². The molecule has 0 saturated carbocycles. The van der Waals surface area contributed by atoms with Crippen molar-refractivity contribution in [3.63, 3.8) is 0 Å². The number of aromatic nitrogens is 3. The highest BCUT2D eigenvalue weighted by Gasteiger charge is 2.33. The first-order valence-electron chi connectivity index (χ1n) is 8.97. The highest BCUT2D eigenvalue weighted by molar-refractivity contribution is 7.99. The van der Waals surface area contributed by atoms with Crippen molar-refractivity contribution in [1.29, 1.82) is 0 Å². The Kier molecular flexibility index (Phi) is 7.69. The normalized spacial score (nSPS) is 12.3.